The van der Waals surface area contributed by atoms with E-state index in [4.69, 9.17) is 9.39 Å². The Kier molecular flexibility index (Phi) is 1.79. The molecule has 62 valence electrons. The van der Waals surface area contributed by atoms with E-state index in [-0.39, 0.29) is 0 Å². The lowest BCUT2D eigenvalue weighted by Gasteiger charge is -2.01. The molecule has 2 rings (SSSR count). The molecule has 0 fully saturated rings. The lowest BCUT2D eigenvalue weighted by molar-refractivity contribution is 0.275. The van der Waals surface area contributed by atoms with E-state index in [1.54, 1.807) is 7.11 Å². The minimum atomic E-state index is -0.758. The minimum absolute atomic E-state index is 0.466. The van der Waals surface area contributed by atoms with Gasteiger partial charge in [0.25, 0.3) is 0 Å². The molecular weight excluding hydrogens is 155 g/mol. The molecule has 0 bridgehead atoms. The van der Waals surface area contributed by atoms with E-state index in [0.29, 0.717) is 6.61 Å². The Morgan fingerprint density at radius 1 is 1.58 bits per heavy atom. The fourth-order valence-electron chi connectivity index (χ4n) is 1.33. The van der Waals surface area contributed by atoms with E-state index >= 15 is 0 Å². The number of hydrogen-bond acceptors (Lipinski definition) is 3. The Morgan fingerprint density at radius 3 is 3.17 bits per heavy atom. The van der Waals surface area contributed by atoms with Gasteiger partial charge in [-0.05, 0) is 23.2 Å². The average Bonchev–Trinajstić information content (AvgIpc) is 2.47. The number of rotatable bonds is 1. The third-order valence-corrected chi connectivity index (χ3v) is 2.01. The van der Waals surface area contributed by atoms with Crippen LogP contribution in [-0.2, 0) is 11.3 Å². The van der Waals surface area contributed by atoms with Crippen LogP contribution in [0.1, 0.15) is 5.56 Å². The zero-order valence-electron chi connectivity index (χ0n) is 6.78. The SMILES string of the molecule is COc1ccc2c(c1)COB2O. The van der Waals surface area contributed by atoms with Crippen molar-refractivity contribution in [1.29, 1.82) is 0 Å². The van der Waals surface area contributed by atoms with Crippen molar-refractivity contribution >= 4 is 12.6 Å². The van der Waals surface area contributed by atoms with Gasteiger partial charge in [-0.2, -0.15) is 0 Å². The molecule has 1 heterocycles. The van der Waals surface area contributed by atoms with E-state index < -0.39 is 7.12 Å². The van der Waals surface area contributed by atoms with Gasteiger partial charge in [-0.3, -0.25) is 0 Å². The predicted molar refractivity (Wildman–Crippen MR) is 45.4 cm³/mol. The average molecular weight is 164 g/mol. The lowest BCUT2D eigenvalue weighted by atomic mass is 9.80. The highest BCUT2D eigenvalue weighted by Crippen LogP contribution is 2.16. The highest BCUT2D eigenvalue weighted by molar-refractivity contribution is 6.61. The van der Waals surface area contributed by atoms with Crippen molar-refractivity contribution in [2.75, 3.05) is 7.11 Å². The van der Waals surface area contributed by atoms with Gasteiger partial charge in [0, 0.05) is 0 Å². The Morgan fingerprint density at radius 2 is 2.42 bits per heavy atom. The van der Waals surface area contributed by atoms with Crippen molar-refractivity contribution in [3.8, 4) is 5.75 Å². The third-order valence-electron chi connectivity index (χ3n) is 2.01. The van der Waals surface area contributed by atoms with Gasteiger partial charge in [0.05, 0.1) is 13.7 Å². The van der Waals surface area contributed by atoms with Crippen LogP contribution in [0.15, 0.2) is 18.2 Å². The summed E-state index contributed by atoms with van der Waals surface area (Å²) in [7, 11) is 0.861. The molecule has 4 heteroatoms. The molecule has 0 atom stereocenters. The van der Waals surface area contributed by atoms with Crippen LogP contribution in [0.25, 0.3) is 0 Å². The van der Waals surface area contributed by atoms with Crippen molar-refractivity contribution in [3.63, 3.8) is 0 Å². The summed E-state index contributed by atoms with van der Waals surface area (Å²) in [5.74, 6) is 0.798. The Labute approximate surface area is 71.1 Å². The quantitative estimate of drug-likeness (QED) is 0.589. The van der Waals surface area contributed by atoms with Gasteiger partial charge in [0.15, 0.2) is 0 Å². The second-order valence-electron chi connectivity index (χ2n) is 2.73. The molecule has 0 aromatic heterocycles. The minimum Gasteiger partial charge on any atom is -0.497 e. The van der Waals surface area contributed by atoms with Gasteiger partial charge < -0.3 is 14.4 Å². The molecular formula is C8H9BO3. The van der Waals surface area contributed by atoms with Gasteiger partial charge in [-0.25, -0.2) is 0 Å². The van der Waals surface area contributed by atoms with Crippen LogP contribution in [0.2, 0.25) is 0 Å². The third kappa shape index (κ3) is 1.09. The van der Waals surface area contributed by atoms with E-state index in [1.165, 1.54) is 0 Å². The summed E-state index contributed by atoms with van der Waals surface area (Å²) in [5, 5.41) is 9.28. The van der Waals surface area contributed by atoms with Crippen LogP contribution in [0.3, 0.4) is 0 Å². The zero-order valence-corrected chi connectivity index (χ0v) is 6.78. The van der Waals surface area contributed by atoms with Crippen molar-refractivity contribution in [2.45, 2.75) is 6.61 Å². The fraction of sp³-hybridized carbons (Fsp3) is 0.250. The highest BCUT2D eigenvalue weighted by Gasteiger charge is 2.26. The maximum Gasteiger partial charge on any atom is 0.491 e. The molecule has 1 aromatic carbocycles. The summed E-state index contributed by atoms with van der Waals surface area (Å²) in [6.07, 6.45) is 0. The van der Waals surface area contributed by atoms with E-state index in [9.17, 15) is 5.02 Å². The molecule has 0 radical (unpaired) electrons. The molecule has 1 N–H and O–H groups in total. The van der Waals surface area contributed by atoms with E-state index in [0.717, 1.165) is 16.8 Å². The number of ether oxygens (including phenoxy) is 1. The van der Waals surface area contributed by atoms with Gasteiger partial charge in [-0.15, -0.1) is 0 Å². The summed E-state index contributed by atoms with van der Waals surface area (Å²) < 4.78 is 10.1. The first-order valence-corrected chi connectivity index (χ1v) is 3.78. The summed E-state index contributed by atoms with van der Waals surface area (Å²) >= 11 is 0. The number of hydrogen-bond donors (Lipinski definition) is 1. The maximum atomic E-state index is 9.28. The molecule has 0 amide bonds. The molecule has 0 saturated carbocycles. The van der Waals surface area contributed by atoms with Gasteiger partial charge in [0.2, 0.25) is 0 Å². The van der Waals surface area contributed by atoms with Gasteiger partial charge >= 0.3 is 7.12 Å². The topological polar surface area (TPSA) is 38.7 Å². The molecule has 0 aliphatic carbocycles. The number of methoxy groups -OCH3 is 1. The summed E-state index contributed by atoms with van der Waals surface area (Å²) in [6, 6.07) is 5.52. The Hall–Kier alpha value is -0.995. The predicted octanol–water partition coefficient (Wildman–Crippen LogP) is -0.0871. The van der Waals surface area contributed by atoms with E-state index in [2.05, 4.69) is 0 Å². The molecule has 0 spiro atoms. The lowest BCUT2D eigenvalue weighted by Crippen LogP contribution is -2.27. The van der Waals surface area contributed by atoms with Crippen molar-refractivity contribution in [1.82, 2.24) is 0 Å². The molecule has 1 aliphatic rings. The van der Waals surface area contributed by atoms with Gasteiger partial charge in [-0.1, -0.05) is 6.07 Å². The standard InChI is InChI=1S/C8H9BO3/c1-11-7-2-3-8-6(4-7)5-12-9(8)10/h2-4,10H,5H2,1H3. The van der Waals surface area contributed by atoms with Crippen molar-refractivity contribution in [2.24, 2.45) is 0 Å². The van der Waals surface area contributed by atoms with Crippen LogP contribution in [0, 0.1) is 0 Å². The van der Waals surface area contributed by atoms with Crippen molar-refractivity contribution in [3.05, 3.63) is 23.8 Å². The van der Waals surface area contributed by atoms with Crippen LogP contribution >= 0.6 is 0 Å². The first-order valence-electron chi connectivity index (χ1n) is 3.78. The highest BCUT2D eigenvalue weighted by atomic mass is 16.5. The Balaban J connectivity index is 2.41. The molecule has 1 aromatic rings. The van der Waals surface area contributed by atoms with Crippen LogP contribution in [0.5, 0.6) is 5.75 Å². The normalized spacial score (nSPS) is 14.7. The summed E-state index contributed by atoms with van der Waals surface area (Å²) in [4.78, 5) is 0. The van der Waals surface area contributed by atoms with Crippen LogP contribution in [0.4, 0.5) is 0 Å². The fourth-order valence-corrected chi connectivity index (χ4v) is 1.33. The monoisotopic (exact) mass is 164 g/mol. The first kappa shape index (κ1) is 7.64. The molecule has 0 saturated heterocycles. The summed E-state index contributed by atoms with van der Waals surface area (Å²) in [6.45, 7) is 0.466. The van der Waals surface area contributed by atoms with Gasteiger partial charge in [0.1, 0.15) is 5.75 Å². The second-order valence-corrected chi connectivity index (χ2v) is 2.73. The molecule has 0 unspecified atom stereocenters. The molecule has 12 heavy (non-hydrogen) atoms. The summed E-state index contributed by atoms with van der Waals surface area (Å²) in [5.41, 5.74) is 1.85. The van der Waals surface area contributed by atoms with E-state index in [1.807, 2.05) is 18.2 Å². The number of benzene rings is 1. The second kappa shape index (κ2) is 2.81. The molecule has 3 nitrogen and oxygen atoms in total. The maximum absolute atomic E-state index is 9.28. The smallest absolute Gasteiger partial charge is 0.491 e. The largest absolute Gasteiger partial charge is 0.497 e. The van der Waals surface area contributed by atoms with Crippen LogP contribution in [-0.4, -0.2) is 19.3 Å². The first-order chi connectivity index (χ1) is 5.81. The zero-order chi connectivity index (χ0) is 8.55. The molecule has 1 aliphatic heterocycles. The van der Waals surface area contributed by atoms with Crippen LogP contribution < -0.4 is 10.2 Å². The Bertz CT molecular complexity index is 300. The number of fused-ring (bicyclic) bond motifs is 1. The van der Waals surface area contributed by atoms with Crippen molar-refractivity contribution < 1.29 is 14.4 Å².